The Morgan fingerprint density at radius 2 is 1.84 bits per heavy atom. The van der Waals surface area contributed by atoms with Crippen molar-refractivity contribution in [1.29, 1.82) is 0 Å². The third kappa shape index (κ3) is 1.62. The van der Waals surface area contributed by atoms with E-state index < -0.39 is 22.5 Å². The molecule has 0 spiro atoms. The van der Waals surface area contributed by atoms with Crippen LogP contribution in [0.5, 0.6) is 0 Å². The summed E-state index contributed by atoms with van der Waals surface area (Å²) < 4.78 is 0. The van der Waals surface area contributed by atoms with E-state index in [0.717, 1.165) is 10.8 Å². The van der Waals surface area contributed by atoms with Crippen molar-refractivity contribution in [3.63, 3.8) is 0 Å². The van der Waals surface area contributed by atoms with Crippen LogP contribution in [0.1, 0.15) is 15.9 Å². The summed E-state index contributed by atoms with van der Waals surface area (Å²) in [6.45, 7) is 0. The maximum atomic E-state index is 12.0. The van der Waals surface area contributed by atoms with Crippen LogP contribution in [0.15, 0.2) is 36.4 Å². The summed E-state index contributed by atoms with van der Waals surface area (Å²) in [6, 6.07) is 8.96. The molecule has 2 aromatic carbocycles. The van der Waals surface area contributed by atoms with E-state index in [4.69, 9.17) is 0 Å². The number of hydrogen-bond donors (Lipinski definition) is 0. The van der Waals surface area contributed by atoms with Gasteiger partial charge < -0.3 is 0 Å². The van der Waals surface area contributed by atoms with Crippen LogP contribution in [0.25, 0.3) is 10.8 Å². The summed E-state index contributed by atoms with van der Waals surface area (Å²) in [5, 5.41) is 12.5. The van der Waals surface area contributed by atoms with Gasteiger partial charge in [0, 0.05) is 16.9 Å². The molecule has 0 fully saturated rings. The van der Waals surface area contributed by atoms with Gasteiger partial charge in [-0.3, -0.25) is 19.7 Å². The van der Waals surface area contributed by atoms with E-state index in [1.165, 1.54) is 0 Å². The van der Waals surface area contributed by atoms with Crippen molar-refractivity contribution in [2.75, 3.05) is 0 Å². The van der Waals surface area contributed by atoms with Crippen LogP contribution in [0, 0.1) is 10.1 Å². The number of nitrogens with zero attached hydrogens (tertiary/aromatic N) is 1. The minimum Gasteiger partial charge on any atom is -0.291 e. The number of nitro groups is 1. The third-order valence-corrected chi connectivity index (χ3v) is 3.42. The molecule has 0 N–H and O–H groups in total. The van der Waals surface area contributed by atoms with Crippen molar-refractivity contribution in [2.45, 2.75) is 12.5 Å². The molecule has 0 saturated heterocycles. The van der Waals surface area contributed by atoms with E-state index in [-0.39, 0.29) is 6.42 Å². The largest absolute Gasteiger partial charge is 0.332 e. The zero-order valence-electron chi connectivity index (χ0n) is 9.83. The first-order valence-electron chi connectivity index (χ1n) is 5.80. The highest BCUT2D eigenvalue weighted by Crippen LogP contribution is 2.28. The molecule has 1 unspecified atom stereocenters. The van der Waals surface area contributed by atoms with Crippen LogP contribution >= 0.6 is 0 Å². The molecule has 5 heteroatoms. The zero-order valence-corrected chi connectivity index (χ0v) is 9.83. The summed E-state index contributed by atoms with van der Waals surface area (Å²) >= 11 is 0. The molecule has 0 heterocycles. The van der Waals surface area contributed by atoms with Crippen molar-refractivity contribution in [3.05, 3.63) is 57.6 Å². The molecule has 0 bridgehead atoms. The number of carbonyl (C=O) groups is 2. The predicted octanol–water partition coefficient (Wildman–Crippen LogP) is 1.79. The highest BCUT2D eigenvalue weighted by atomic mass is 16.6. The maximum absolute atomic E-state index is 12.0. The van der Waals surface area contributed by atoms with Gasteiger partial charge in [0.15, 0.2) is 0 Å². The van der Waals surface area contributed by atoms with E-state index in [1.54, 1.807) is 12.1 Å². The number of rotatable bonds is 1. The Kier molecular flexibility index (Phi) is 2.41. The second kappa shape index (κ2) is 3.98. The summed E-state index contributed by atoms with van der Waals surface area (Å²) in [5.74, 6) is -1.35. The van der Waals surface area contributed by atoms with Crippen molar-refractivity contribution < 1.29 is 14.5 Å². The second-order valence-corrected chi connectivity index (χ2v) is 4.51. The molecule has 3 rings (SSSR count). The van der Waals surface area contributed by atoms with Gasteiger partial charge in [0.25, 0.3) is 0 Å². The summed E-state index contributed by atoms with van der Waals surface area (Å²) in [5.41, 5.74) is 0.895. The molecule has 0 saturated carbocycles. The van der Waals surface area contributed by atoms with Gasteiger partial charge in [-0.05, 0) is 16.3 Å². The first kappa shape index (κ1) is 11.5. The van der Waals surface area contributed by atoms with Crippen molar-refractivity contribution in [1.82, 2.24) is 0 Å². The van der Waals surface area contributed by atoms with Gasteiger partial charge in [0.2, 0.25) is 11.6 Å². The number of benzene rings is 2. The lowest BCUT2D eigenvalue weighted by Gasteiger charge is -2.18. The molecular formula is C14H9NO4. The first-order chi connectivity index (χ1) is 9.09. The van der Waals surface area contributed by atoms with Crippen molar-refractivity contribution in [2.24, 2.45) is 0 Å². The number of fused-ring (bicyclic) bond motifs is 3. The Morgan fingerprint density at radius 1 is 1.11 bits per heavy atom. The van der Waals surface area contributed by atoms with Gasteiger partial charge in [0.1, 0.15) is 0 Å². The van der Waals surface area contributed by atoms with Gasteiger partial charge in [-0.1, -0.05) is 36.4 Å². The Hall–Kier alpha value is -2.56. The summed E-state index contributed by atoms with van der Waals surface area (Å²) in [7, 11) is 0. The normalized spacial score (nSPS) is 18.4. The van der Waals surface area contributed by atoms with Crippen LogP contribution in [0.3, 0.4) is 0 Å². The third-order valence-electron chi connectivity index (χ3n) is 3.42. The average Bonchev–Trinajstić information content (AvgIpc) is 2.38. The molecule has 1 aliphatic rings. The number of carbonyl (C=O) groups excluding carboxylic acids is 2. The monoisotopic (exact) mass is 255 g/mol. The van der Waals surface area contributed by atoms with Gasteiger partial charge in [-0.15, -0.1) is 0 Å². The number of ketones is 2. The first-order valence-corrected chi connectivity index (χ1v) is 5.80. The lowest BCUT2D eigenvalue weighted by molar-refractivity contribution is -0.491. The fourth-order valence-electron chi connectivity index (χ4n) is 2.53. The lowest BCUT2D eigenvalue weighted by Crippen LogP contribution is -2.42. The van der Waals surface area contributed by atoms with E-state index in [1.807, 2.05) is 24.3 Å². The van der Waals surface area contributed by atoms with Crippen LogP contribution in [-0.2, 0) is 11.2 Å². The van der Waals surface area contributed by atoms with Gasteiger partial charge in [-0.2, -0.15) is 0 Å². The molecule has 19 heavy (non-hydrogen) atoms. The topological polar surface area (TPSA) is 77.3 Å². The van der Waals surface area contributed by atoms with E-state index >= 15 is 0 Å². The van der Waals surface area contributed by atoms with E-state index in [2.05, 4.69) is 0 Å². The molecule has 2 aromatic rings. The zero-order chi connectivity index (χ0) is 13.6. The molecule has 0 radical (unpaired) electrons. The fraction of sp³-hybridized carbons (Fsp3) is 0.143. The molecular weight excluding hydrogens is 246 g/mol. The Morgan fingerprint density at radius 3 is 2.58 bits per heavy atom. The van der Waals surface area contributed by atoms with Crippen LogP contribution in [0.4, 0.5) is 0 Å². The van der Waals surface area contributed by atoms with Crippen molar-refractivity contribution in [3.8, 4) is 0 Å². The molecule has 94 valence electrons. The van der Waals surface area contributed by atoms with Crippen molar-refractivity contribution >= 4 is 22.3 Å². The second-order valence-electron chi connectivity index (χ2n) is 4.51. The molecule has 0 amide bonds. The average molecular weight is 255 g/mol. The maximum Gasteiger partial charge on any atom is 0.332 e. The molecule has 5 nitrogen and oxygen atoms in total. The Bertz CT molecular complexity index is 735. The van der Waals surface area contributed by atoms with Gasteiger partial charge in [0.05, 0.1) is 0 Å². The highest BCUT2D eigenvalue weighted by molar-refractivity contribution is 6.19. The summed E-state index contributed by atoms with van der Waals surface area (Å²) in [6.07, 6.45) is -0.0614. The molecule has 1 atom stereocenters. The van der Waals surface area contributed by atoms with E-state index in [0.29, 0.717) is 11.1 Å². The fourth-order valence-corrected chi connectivity index (χ4v) is 2.53. The van der Waals surface area contributed by atoms with Gasteiger partial charge in [-0.25, -0.2) is 0 Å². The van der Waals surface area contributed by atoms with Crippen LogP contribution < -0.4 is 0 Å². The smallest absolute Gasteiger partial charge is 0.291 e. The summed E-state index contributed by atoms with van der Waals surface area (Å²) in [4.78, 5) is 33.8. The minimum atomic E-state index is -1.74. The Balaban J connectivity index is 2.27. The quantitative estimate of drug-likeness (QED) is 0.442. The molecule has 0 aromatic heterocycles. The number of hydrogen-bond acceptors (Lipinski definition) is 4. The van der Waals surface area contributed by atoms with Crippen LogP contribution in [0.2, 0.25) is 0 Å². The number of Topliss-reactive ketones (excluding diaryl/α,β-unsaturated/α-hetero) is 2. The predicted molar refractivity (Wildman–Crippen MR) is 67.8 cm³/mol. The molecule has 0 aliphatic heterocycles. The van der Waals surface area contributed by atoms with E-state index in [9.17, 15) is 19.7 Å². The molecule has 1 aliphatic carbocycles. The highest BCUT2D eigenvalue weighted by Gasteiger charge is 2.43. The minimum absolute atomic E-state index is 0.0614. The SMILES string of the molecule is O=C1Cc2c(ccc3ccccc23)C(=O)C1[N+](=O)[O-]. The standard InChI is InChI=1S/C14H9NO4/c16-12-7-11-9-4-2-1-3-8(9)5-6-10(11)14(17)13(12)15(18)19/h1-6,13H,7H2. The van der Waals surface area contributed by atoms with Gasteiger partial charge >= 0.3 is 6.04 Å². The Labute approximate surface area is 108 Å². The lowest BCUT2D eigenvalue weighted by atomic mass is 9.83. The van der Waals surface area contributed by atoms with Crippen LogP contribution in [-0.4, -0.2) is 22.5 Å².